The van der Waals surface area contributed by atoms with Gasteiger partial charge in [0, 0.05) is 22.5 Å². The molecule has 38 heavy (non-hydrogen) atoms. The fourth-order valence-corrected chi connectivity index (χ4v) is 7.35. The first-order valence-electron chi connectivity index (χ1n) is 12.3. The number of amides is 1. The summed E-state index contributed by atoms with van der Waals surface area (Å²) in [7, 11) is 0. The van der Waals surface area contributed by atoms with Gasteiger partial charge in [0.2, 0.25) is 5.91 Å². The summed E-state index contributed by atoms with van der Waals surface area (Å²) in [6.45, 7) is 0. The Kier molecular flexibility index (Phi) is 5.18. The molecule has 7 rings (SSSR count). The number of thiophene rings is 1. The fourth-order valence-electron chi connectivity index (χ4n) is 6.53. The van der Waals surface area contributed by atoms with Gasteiger partial charge in [-0.1, -0.05) is 60.1 Å². The molecular weight excluding hydrogens is 516 g/mol. The van der Waals surface area contributed by atoms with Crippen LogP contribution in [-0.2, 0) is 10.2 Å². The second-order valence-electron chi connectivity index (χ2n) is 9.80. The first-order valence-corrected chi connectivity index (χ1v) is 13.6. The van der Waals surface area contributed by atoms with Crippen molar-refractivity contribution in [3.05, 3.63) is 129 Å². The SMILES string of the molecule is O=C(c1cccs1)C1C(C(=O)c2ccc(Cl)cc2)C2(C(=O)Nc3ccccc32)C2c3ccccc3C=CN12. The van der Waals surface area contributed by atoms with Crippen LogP contribution in [-0.4, -0.2) is 28.4 Å². The number of Topliss-reactive ketones (excluding diaryl/α,β-unsaturated/α-hetero) is 2. The van der Waals surface area contributed by atoms with Crippen LogP contribution in [0.25, 0.3) is 6.08 Å². The topological polar surface area (TPSA) is 66.5 Å². The Hall–Kier alpha value is -4.00. The van der Waals surface area contributed by atoms with Gasteiger partial charge in [-0.15, -0.1) is 11.3 Å². The number of halogens is 1. The van der Waals surface area contributed by atoms with E-state index < -0.39 is 23.4 Å². The van der Waals surface area contributed by atoms with Gasteiger partial charge in [-0.3, -0.25) is 14.4 Å². The van der Waals surface area contributed by atoms with E-state index in [0.29, 0.717) is 21.2 Å². The Morgan fingerprint density at radius 1 is 0.895 bits per heavy atom. The van der Waals surface area contributed by atoms with E-state index in [1.165, 1.54) is 11.3 Å². The lowest BCUT2D eigenvalue weighted by atomic mass is 9.63. The number of hydrogen-bond donors (Lipinski definition) is 1. The lowest BCUT2D eigenvalue weighted by Crippen LogP contribution is -2.49. The summed E-state index contributed by atoms with van der Waals surface area (Å²) in [6.07, 6.45) is 3.84. The minimum absolute atomic E-state index is 0.171. The van der Waals surface area contributed by atoms with Gasteiger partial charge >= 0.3 is 0 Å². The fraction of sp³-hybridized carbons (Fsp3) is 0.129. The van der Waals surface area contributed by atoms with E-state index in [-0.39, 0.29) is 17.5 Å². The van der Waals surface area contributed by atoms with Crippen LogP contribution in [0.3, 0.4) is 0 Å². The molecule has 0 bridgehead atoms. The number of para-hydroxylation sites is 1. The summed E-state index contributed by atoms with van der Waals surface area (Å²) >= 11 is 7.49. The van der Waals surface area contributed by atoms with Gasteiger partial charge in [0.05, 0.1) is 16.8 Å². The number of ketones is 2. The molecule has 3 aromatic carbocycles. The van der Waals surface area contributed by atoms with Crippen molar-refractivity contribution >= 4 is 52.2 Å². The third-order valence-corrected chi connectivity index (χ3v) is 9.15. The predicted molar refractivity (Wildman–Crippen MR) is 149 cm³/mol. The maximum absolute atomic E-state index is 14.6. The highest BCUT2D eigenvalue weighted by atomic mass is 35.5. The van der Waals surface area contributed by atoms with Crippen molar-refractivity contribution in [3.63, 3.8) is 0 Å². The van der Waals surface area contributed by atoms with Crippen LogP contribution in [0.1, 0.15) is 42.8 Å². The molecule has 7 heteroatoms. The molecule has 1 aromatic heterocycles. The molecule has 3 aliphatic heterocycles. The summed E-state index contributed by atoms with van der Waals surface area (Å²) in [4.78, 5) is 45.7. The minimum atomic E-state index is -1.33. The van der Waals surface area contributed by atoms with Crippen molar-refractivity contribution in [2.24, 2.45) is 5.92 Å². The zero-order chi connectivity index (χ0) is 26.0. The van der Waals surface area contributed by atoms with Gasteiger partial charge in [0.1, 0.15) is 11.5 Å². The molecule has 1 amide bonds. The second kappa shape index (κ2) is 8.51. The van der Waals surface area contributed by atoms with Crippen LogP contribution in [0.4, 0.5) is 5.69 Å². The molecule has 1 N–H and O–H groups in total. The quantitative estimate of drug-likeness (QED) is 0.307. The molecule has 5 nitrogen and oxygen atoms in total. The molecule has 186 valence electrons. The monoisotopic (exact) mass is 536 g/mol. The predicted octanol–water partition coefficient (Wildman–Crippen LogP) is 6.38. The van der Waals surface area contributed by atoms with Crippen LogP contribution in [0, 0.1) is 5.92 Å². The van der Waals surface area contributed by atoms with Crippen molar-refractivity contribution in [3.8, 4) is 0 Å². The molecule has 4 heterocycles. The third-order valence-electron chi connectivity index (χ3n) is 8.01. The van der Waals surface area contributed by atoms with Gasteiger partial charge in [0.15, 0.2) is 11.6 Å². The Labute approximate surface area is 228 Å². The van der Waals surface area contributed by atoms with Crippen LogP contribution in [0.15, 0.2) is 96.5 Å². The molecule has 0 aliphatic carbocycles. The molecule has 1 saturated heterocycles. The first-order chi connectivity index (χ1) is 18.5. The Bertz CT molecular complexity index is 1650. The smallest absolute Gasteiger partial charge is 0.238 e. The number of hydrogen-bond acceptors (Lipinski definition) is 5. The molecule has 0 saturated carbocycles. The summed E-state index contributed by atoms with van der Waals surface area (Å²) in [5.41, 5.74) is 2.37. The molecule has 1 fully saturated rings. The third kappa shape index (κ3) is 3.08. The van der Waals surface area contributed by atoms with Crippen molar-refractivity contribution in [1.82, 2.24) is 4.90 Å². The summed E-state index contributed by atoms with van der Waals surface area (Å²) in [5.74, 6) is -1.69. The highest BCUT2D eigenvalue weighted by Gasteiger charge is 2.70. The molecule has 1 spiro atoms. The second-order valence-corrected chi connectivity index (χ2v) is 11.2. The minimum Gasteiger partial charge on any atom is -0.358 e. The molecule has 4 unspecified atom stereocenters. The van der Waals surface area contributed by atoms with Gasteiger partial charge in [-0.05, 0) is 64.5 Å². The lowest BCUT2D eigenvalue weighted by Gasteiger charge is -2.38. The molecule has 0 radical (unpaired) electrons. The summed E-state index contributed by atoms with van der Waals surface area (Å²) in [5, 5.41) is 5.42. The van der Waals surface area contributed by atoms with Gasteiger partial charge in [-0.25, -0.2) is 0 Å². The van der Waals surface area contributed by atoms with E-state index in [0.717, 1.165) is 16.7 Å². The normalized spacial score (nSPS) is 24.6. The van der Waals surface area contributed by atoms with E-state index in [1.54, 1.807) is 30.3 Å². The van der Waals surface area contributed by atoms with E-state index in [2.05, 4.69) is 5.32 Å². The van der Waals surface area contributed by atoms with Crippen LogP contribution in [0.2, 0.25) is 5.02 Å². The average molecular weight is 537 g/mol. The molecule has 4 atom stereocenters. The number of nitrogens with zero attached hydrogens (tertiary/aromatic N) is 1. The highest BCUT2D eigenvalue weighted by molar-refractivity contribution is 7.12. The molecule has 4 aromatic rings. The van der Waals surface area contributed by atoms with Crippen LogP contribution in [0.5, 0.6) is 0 Å². The Balaban J connectivity index is 1.55. The van der Waals surface area contributed by atoms with Crippen LogP contribution < -0.4 is 5.32 Å². The Morgan fingerprint density at radius 3 is 2.45 bits per heavy atom. The van der Waals surface area contributed by atoms with Crippen LogP contribution >= 0.6 is 22.9 Å². The number of nitrogens with one attached hydrogen (secondary N) is 1. The summed E-state index contributed by atoms with van der Waals surface area (Å²) < 4.78 is 0. The van der Waals surface area contributed by atoms with E-state index in [9.17, 15) is 14.4 Å². The van der Waals surface area contributed by atoms with Crippen molar-refractivity contribution in [2.45, 2.75) is 17.5 Å². The lowest BCUT2D eigenvalue weighted by molar-refractivity contribution is -0.122. The van der Waals surface area contributed by atoms with E-state index in [1.807, 2.05) is 77.2 Å². The highest BCUT2D eigenvalue weighted by Crippen LogP contribution is 2.62. The maximum atomic E-state index is 14.6. The largest absolute Gasteiger partial charge is 0.358 e. The molecule has 3 aliphatic rings. The number of carbonyl (C=O) groups is 3. The zero-order valence-electron chi connectivity index (χ0n) is 20.0. The maximum Gasteiger partial charge on any atom is 0.238 e. The first kappa shape index (κ1) is 23.1. The van der Waals surface area contributed by atoms with Gasteiger partial charge in [-0.2, -0.15) is 0 Å². The number of anilines is 1. The number of benzene rings is 3. The van der Waals surface area contributed by atoms with E-state index in [4.69, 9.17) is 11.6 Å². The number of rotatable bonds is 4. The Morgan fingerprint density at radius 2 is 1.66 bits per heavy atom. The standard InChI is InChI=1S/C31H21ClN2O3S/c32-20-13-11-19(12-14-20)27(35)25-26(28(36)24-10-5-17-38-24)34-16-15-18-6-1-2-7-21(18)29(34)31(25)22-8-3-4-9-23(22)33-30(31)37/h1-17,25-26,29H,(H,33,37). The van der Waals surface area contributed by atoms with E-state index >= 15 is 0 Å². The number of carbonyl (C=O) groups excluding carboxylic acids is 3. The number of fused-ring (bicyclic) bond motifs is 6. The zero-order valence-corrected chi connectivity index (χ0v) is 21.6. The van der Waals surface area contributed by atoms with Crippen molar-refractivity contribution in [2.75, 3.05) is 5.32 Å². The van der Waals surface area contributed by atoms with Gasteiger partial charge in [0.25, 0.3) is 0 Å². The van der Waals surface area contributed by atoms with Crippen molar-refractivity contribution < 1.29 is 14.4 Å². The molecular formula is C31H21ClN2O3S. The summed E-state index contributed by atoms with van der Waals surface area (Å²) in [6, 6.07) is 24.2. The van der Waals surface area contributed by atoms with Crippen molar-refractivity contribution in [1.29, 1.82) is 0 Å². The van der Waals surface area contributed by atoms with Gasteiger partial charge < -0.3 is 10.2 Å². The average Bonchev–Trinajstić information content (AvgIpc) is 3.65.